The molecule has 0 spiro atoms. The van der Waals surface area contributed by atoms with E-state index in [1.807, 2.05) is 12.1 Å². The van der Waals surface area contributed by atoms with Crippen LogP contribution in [0.25, 0.3) is 10.8 Å². The monoisotopic (exact) mass is 452 g/mol. The number of nitrogens with two attached hydrogens (primary N) is 1. The molecular weight excluding hydrogens is 420 g/mol. The minimum Gasteiger partial charge on any atom is -0.489 e. The van der Waals surface area contributed by atoms with Crippen molar-refractivity contribution in [3.05, 3.63) is 75.2 Å². The summed E-state index contributed by atoms with van der Waals surface area (Å²) in [7, 11) is 0. The first-order valence-corrected chi connectivity index (χ1v) is 12.1. The third kappa shape index (κ3) is 4.31. The summed E-state index contributed by atoms with van der Waals surface area (Å²) in [6, 6.07) is 14.6. The fourth-order valence-electron chi connectivity index (χ4n) is 5.15. The zero-order valence-electron chi connectivity index (χ0n) is 19.2. The van der Waals surface area contributed by atoms with Crippen LogP contribution >= 0.6 is 11.6 Å². The Kier molecular flexibility index (Phi) is 6.64. The van der Waals surface area contributed by atoms with Crippen molar-refractivity contribution < 1.29 is 4.74 Å². The lowest BCUT2D eigenvalue weighted by Gasteiger charge is -2.44. The number of H-pyrrole nitrogens is 1. The zero-order valence-corrected chi connectivity index (χ0v) is 19.9. The highest BCUT2D eigenvalue weighted by Gasteiger charge is 2.41. The second-order valence-electron chi connectivity index (χ2n) is 9.44. The summed E-state index contributed by atoms with van der Waals surface area (Å²) in [4.78, 5) is 14.7. The molecule has 0 bridgehead atoms. The van der Waals surface area contributed by atoms with E-state index >= 15 is 0 Å². The van der Waals surface area contributed by atoms with Crippen LogP contribution in [-0.4, -0.2) is 17.1 Å². The number of nitrogens with one attached hydrogen (secondary N) is 1. The topological polar surface area (TPSA) is 68.1 Å². The molecule has 3 N–H and O–H groups in total. The number of hydrogen-bond acceptors (Lipinski definition) is 3. The maximum absolute atomic E-state index is 12.0. The smallest absolute Gasteiger partial charge is 0.255 e. The summed E-state index contributed by atoms with van der Waals surface area (Å²) in [5.74, 6) is 1.16. The highest BCUT2D eigenvalue weighted by molar-refractivity contribution is 6.32. The molecule has 1 saturated carbocycles. The van der Waals surface area contributed by atoms with Gasteiger partial charge in [-0.3, -0.25) is 4.79 Å². The number of pyridine rings is 1. The van der Waals surface area contributed by atoms with E-state index in [9.17, 15) is 4.79 Å². The van der Waals surface area contributed by atoms with Crippen molar-refractivity contribution in [1.82, 2.24) is 4.98 Å². The third-order valence-corrected chi connectivity index (χ3v) is 7.54. The molecule has 170 valence electrons. The number of aromatic nitrogens is 1. The minimum atomic E-state index is -0.143. The van der Waals surface area contributed by atoms with Gasteiger partial charge in [0.05, 0.1) is 11.1 Å². The molecule has 1 fully saturated rings. The summed E-state index contributed by atoms with van der Waals surface area (Å²) >= 11 is 6.46. The standard InChI is InChI=1S/C27H33ClN2O2/c1-4-25(29)27(20-7-5-18(6-8-20)17(2)3)12-9-21(10-13-27)32-24-15-19-11-14-30-26(31)22(19)16-23(24)28/h5-8,11,14-17,21,25H,4,9-10,12-13,29H2,1-3H3,(H,30,31)/t21?,25-,27?/m1/s1. The van der Waals surface area contributed by atoms with Gasteiger partial charge in [-0.05, 0) is 72.7 Å². The lowest BCUT2D eigenvalue weighted by molar-refractivity contribution is 0.104. The van der Waals surface area contributed by atoms with Gasteiger partial charge in [0.25, 0.3) is 5.56 Å². The zero-order chi connectivity index (χ0) is 22.9. The van der Waals surface area contributed by atoms with Crippen molar-refractivity contribution in [2.75, 3.05) is 0 Å². The number of fused-ring (bicyclic) bond motifs is 1. The Labute approximate surface area is 195 Å². The van der Waals surface area contributed by atoms with E-state index in [4.69, 9.17) is 22.1 Å². The van der Waals surface area contributed by atoms with Crippen molar-refractivity contribution in [2.45, 2.75) is 76.4 Å². The fourth-order valence-corrected chi connectivity index (χ4v) is 5.36. The van der Waals surface area contributed by atoms with Crippen LogP contribution in [0.2, 0.25) is 5.02 Å². The fraction of sp³-hybridized carbons (Fsp3) is 0.444. The largest absolute Gasteiger partial charge is 0.489 e. The van der Waals surface area contributed by atoms with Gasteiger partial charge in [0.2, 0.25) is 0 Å². The molecule has 4 rings (SSSR count). The van der Waals surface area contributed by atoms with E-state index in [-0.39, 0.29) is 23.1 Å². The Morgan fingerprint density at radius 1 is 1.16 bits per heavy atom. The van der Waals surface area contributed by atoms with Crippen molar-refractivity contribution in [3.63, 3.8) is 0 Å². The van der Waals surface area contributed by atoms with Crippen LogP contribution in [0.5, 0.6) is 5.75 Å². The molecule has 0 radical (unpaired) electrons. The summed E-state index contributed by atoms with van der Waals surface area (Å²) in [5.41, 5.74) is 9.25. The average molecular weight is 453 g/mol. The minimum absolute atomic E-state index is 0.0232. The predicted octanol–water partition coefficient (Wildman–Crippen LogP) is 6.30. The van der Waals surface area contributed by atoms with Crippen molar-refractivity contribution in [2.24, 2.45) is 5.73 Å². The molecule has 0 saturated heterocycles. The molecule has 1 atom stereocenters. The van der Waals surface area contributed by atoms with Gasteiger partial charge in [0.15, 0.2) is 0 Å². The molecule has 1 heterocycles. The lowest BCUT2D eigenvalue weighted by Crippen LogP contribution is -2.48. The first-order chi connectivity index (χ1) is 15.3. The highest BCUT2D eigenvalue weighted by Crippen LogP contribution is 2.44. The van der Waals surface area contributed by atoms with E-state index in [1.165, 1.54) is 11.1 Å². The van der Waals surface area contributed by atoms with Gasteiger partial charge < -0.3 is 15.5 Å². The summed E-state index contributed by atoms with van der Waals surface area (Å²) < 4.78 is 6.34. The van der Waals surface area contributed by atoms with Crippen LogP contribution in [0.15, 0.2) is 53.5 Å². The van der Waals surface area contributed by atoms with Gasteiger partial charge in [-0.25, -0.2) is 0 Å². The van der Waals surface area contributed by atoms with Gasteiger partial charge in [-0.15, -0.1) is 0 Å². The third-order valence-electron chi connectivity index (χ3n) is 7.25. The van der Waals surface area contributed by atoms with E-state index < -0.39 is 0 Å². The van der Waals surface area contributed by atoms with Crippen molar-refractivity contribution in [1.29, 1.82) is 0 Å². The molecule has 1 aliphatic rings. The number of ether oxygens (including phenoxy) is 1. The Balaban J connectivity index is 1.54. The summed E-state index contributed by atoms with van der Waals surface area (Å²) in [5, 5.41) is 1.88. The maximum Gasteiger partial charge on any atom is 0.255 e. The molecule has 0 aliphatic heterocycles. The second-order valence-corrected chi connectivity index (χ2v) is 9.85. The maximum atomic E-state index is 12.0. The van der Waals surface area contributed by atoms with Crippen LogP contribution in [0.3, 0.4) is 0 Å². The highest BCUT2D eigenvalue weighted by atomic mass is 35.5. The molecule has 3 aromatic rings. The van der Waals surface area contributed by atoms with Gasteiger partial charge >= 0.3 is 0 Å². The molecule has 2 aromatic carbocycles. The molecule has 5 heteroatoms. The van der Waals surface area contributed by atoms with Crippen LogP contribution in [0, 0.1) is 0 Å². The normalized spacial score (nSPS) is 22.2. The molecule has 0 unspecified atom stereocenters. The number of benzene rings is 2. The van der Waals surface area contributed by atoms with Crippen LogP contribution in [0.4, 0.5) is 0 Å². The Bertz CT molecular complexity index is 1130. The first kappa shape index (κ1) is 22.9. The SMILES string of the molecule is CC[C@@H](N)C1(c2ccc(C(C)C)cc2)CCC(Oc2cc3cc[nH]c(=O)c3cc2Cl)CC1. The van der Waals surface area contributed by atoms with Crippen LogP contribution in [0.1, 0.15) is 69.9 Å². The van der Waals surface area contributed by atoms with Crippen molar-refractivity contribution >= 4 is 22.4 Å². The number of rotatable bonds is 6. The number of hydrogen-bond donors (Lipinski definition) is 2. The van der Waals surface area contributed by atoms with Crippen molar-refractivity contribution in [3.8, 4) is 5.75 Å². The Morgan fingerprint density at radius 3 is 2.47 bits per heavy atom. The van der Waals surface area contributed by atoms with E-state index in [0.717, 1.165) is 37.5 Å². The van der Waals surface area contributed by atoms with Crippen LogP contribution < -0.4 is 16.0 Å². The summed E-state index contributed by atoms with van der Waals surface area (Å²) in [6.45, 7) is 6.62. The molecule has 1 aliphatic carbocycles. The summed E-state index contributed by atoms with van der Waals surface area (Å²) in [6.07, 6.45) is 6.49. The van der Waals surface area contributed by atoms with Gasteiger partial charge in [-0.2, -0.15) is 0 Å². The van der Waals surface area contributed by atoms with E-state index in [1.54, 1.807) is 12.3 Å². The predicted molar refractivity (Wildman–Crippen MR) is 133 cm³/mol. The van der Waals surface area contributed by atoms with E-state index in [2.05, 4.69) is 50.0 Å². The molecule has 1 aromatic heterocycles. The van der Waals surface area contributed by atoms with Crippen LogP contribution in [-0.2, 0) is 5.41 Å². The second kappa shape index (κ2) is 9.29. The Morgan fingerprint density at radius 2 is 1.84 bits per heavy atom. The first-order valence-electron chi connectivity index (χ1n) is 11.7. The van der Waals surface area contributed by atoms with Gasteiger partial charge in [-0.1, -0.05) is 56.6 Å². The molecule has 0 amide bonds. The lowest BCUT2D eigenvalue weighted by atomic mass is 9.63. The Hall–Kier alpha value is -2.30. The van der Waals surface area contributed by atoms with Gasteiger partial charge in [0, 0.05) is 23.0 Å². The molecular formula is C27H33ClN2O2. The average Bonchev–Trinajstić information content (AvgIpc) is 2.80. The molecule has 4 nitrogen and oxygen atoms in total. The quantitative estimate of drug-likeness (QED) is 0.461. The molecule has 32 heavy (non-hydrogen) atoms. The van der Waals surface area contributed by atoms with E-state index in [0.29, 0.717) is 22.1 Å². The van der Waals surface area contributed by atoms with Gasteiger partial charge in [0.1, 0.15) is 5.75 Å². The number of aromatic amines is 1. The number of halogens is 1.